The summed E-state index contributed by atoms with van der Waals surface area (Å²) in [6, 6.07) is 0.0212. The minimum absolute atomic E-state index is 0.0212. The summed E-state index contributed by atoms with van der Waals surface area (Å²) in [6.07, 6.45) is 4.11. The Morgan fingerprint density at radius 2 is 1.85 bits per heavy atom. The first-order chi connectivity index (χ1) is 9.56. The zero-order valence-electron chi connectivity index (χ0n) is 12.6. The van der Waals surface area contributed by atoms with Gasteiger partial charge in [0.25, 0.3) is 0 Å². The Hall–Kier alpha value is -1.30. The van der Waals surface area contributed by atoms with Crippen molar-refractivity contribution in [3.05, 3.63) is 0 Å². The molecule has 0 atom stereocenters. The number of carbonyl (C=O) groups excluding carboxylic acids is 2. The van der Waals surface area contributed by atoms with Crippen LogP contribution in [0.1, 0.15) is 32.1 Å². The SMILES string of the molecule is CN(C)C(=O)N1CCC(C(=O)NCCCCCO)CC1. The predicted octanol–water partition coefficient (Wildman–Crippen LogP) is 0.659. The number of nitrogens with one attached hydrogen (secondary N) is 1. The van der Waals surface area contributed by atoms with E-state index >= 15 is 0 Å². The molecule has 3 amide bonds. The number of likely N-dealkylation sites (tertiary alicyclic amines) is 1. The number of piperidine rings is 1. The average molecular weight is 285 g/mol. The van der Waals surface area contributed by atoms with Gasteiger partial charge in [0.2, 0.25) is 5.91 Å². The zero-order chi connectivity index (χ0) is 15.0. The number of amides is 3. The molecule has 0 radical (unpaired) electrons. The highest BCUT2D eigenvalue weighted by Gasteiger charge is 2.27. The Morgan fingerprint density at radius 3 is 2.40 bits per heavy atom. The van der Waals surface area contributed by atoms with E-state index in [0.29, 0.717) is 19.6 Å². The van der Waals surface area contributed by atoms with Crippen molar-refractivity contribution >= 4 is 11.9 Å². The first-order valence-corrected chi connectivity index (χ1v) is 7.41. The summed E-state index contributed by atoms with van der Waals surface area (Å²) in [4.78, 5) is 27.1. The number of rotatable bonds is 6. The monoisotopic (exact) mass is 285 g/mol. The third kappa shape index (κ3) is 5.36. The van der Waals surface area contributed by atoms with E-state index < -0.39 is 0 Å². The van der Waals surface area contributed by atoms with Gasteiger partial charge in [-0.15, -0.1) is 0 Å². The molecule has 1 fully saturated rings. The lowest BCUT2D eigenvalue weighted by Crippen LogP contribution is -2.46. The topological polar surface area (TPSA) is 72.9 Å². The number of urea groups is 1. The Bertz CT molecular complexity index is 313. The molecule has 0 aromatic heterocycles. The summed E-state index contributed by atoms with van der Waals surface area (Å²) in [5.41, 5.74) is 0. The molecule has 2 N–H and O–H groups in total. The van der Waals surface area contributed by atoms with Crippen LogP contribution in [0.5, 0.6) is 0 Å². The van der Waals surface area contributed by atoms with Gasteiger partial charge in [-0.3, -0.25) is 4.79 Å². The number of unbranched alkanes of at least 4 members (excludes halogenated alkanes) is 2. The van der Waals surface area contributed by atoms with Crippen LogP contribution in [0.3, 0.4) is 0 Å². The minimum Gasteiger partial charge on any atom is -0.396 e. The largest absolute Gasteiger partial charge is 0.396 e. The quantitative estimate of drug-likeness (QED) is 0.704. The van der Waals surface area contributed by atoms with Crippen LogP contribution in [0.25, 0.3) is 0 Å². The number of hydrogen-bond donors (Lipinski definition) is 2. The summed E-state index contributed by atoms with van der Waals surface area (Å²) < 4.78 is 0. The minimum atomic E-state index is 0.0212. The van der Waals surface area contributed by atoms with Crippen molar-refractivity contribution in [1.82, 2.24) is 15.1 Å². The molecule has 1 rings (SSSR count). The van der Waals surface area contributed by atoms with Gasteiger partial charge in [0, 0.05) is 46.3 Å². The van der Waals surface area contributed by atoms with Gasteiger partial charge in [0.15, 0.2) is 0 Å². The molecule has 0 aromatic rings. The van der Waals surface area contributed by atoms with Crippen LogP contribution in [-0.2, 0) is 4.79 Å². The molecule has 0 unspecified atom stereocenters. The first kappa shape index (κ1) is 16.8. The van der Waals surface area contributed by atoms with Gasteiger partial charge in [-0.25, -0.2) is 4.79 Å². The molecular formula is C14H27N3O3. The smallest absolute Gasteiger partial charge is 0.319 e. The van der Waals surface area contributed by atoms with E-state index in [-0.39, 0.29) is 24.5 Å². The standard InChI is InChI=1S/C14H27N3O3/c1-16(2)14(20)17-9-6-12(7-10-17)13(19)15-8-4-3-5-11-18/h12,18H,3-11H2,1-2H3,(H,15,19). The van der Waals surface area contributed by atoms with Crippen LogP contribution in [0.15, 0.2) is 0 Å². The molecule has 0 spiro atoms. The fourth-order valence-corrected chi connectivity index (χ4v) is 2.39. The van der Waals surface area contributed by atoms with Gasteiger partial charge in [0.05, 0.1) is 0 Å². The van der Waals surface area contributed by atoms with Gasteiger partial charge >= 0.3 is 6.03 Å². The van der Waals surface area contributed by atoms with Gasteiger partial charge < -0.3 is 20.2 Å². The van der Waals surface area contributed by atoms with Gasteiger partial charge in [-0.1, -0.05) is 0 Å². The molecule has 0 saturated carbocycles. The van der Waals surface area contributed by atoms with Crippen LogP contribution in [0.4, 0.5) is 4.79 Å². The third-order valence-electron chi connectivity index (χ3n) is 3.65. The average Bonchev–Trinajstić information content (AvgIpc) is 2.46. The van der Waals surface area contributed by atoms with E-state index in [9.17, 15) is 9.59 Å². The predicted molar refractivity (Wildman–Crippen MR) is 77.3 cm³/mol. The van der Waals surface area contributed by atoms with Gasteiger partial charge in [-0.05, 0) is 32.1 Å². The number of hydrogen-bond acceptors (Lipinski definition) is 3. The van der Waals surface area contributed by atoms with Gasteiger partial charge in [0.1, 0.15) is 0 Å². The van der Waals surface area contributed by atoms with Crippen LogP contribution in [0, 0.1) is 5.92 Å². The Balaban J connectivity index is 2.20. The second-order valence-electron chi connectivity index (χ2n) is 5.51. The fourth-order valence-electron chi connectivity index (χ4n) is 2.39. The van der Waals surface area contributed by atoms with Crippen molar-refractivity contribution in [2.24, 2.45) is 5.92 Å². The molecule has 1 aliphatic rings. The lowest BCUT2D eigenvalue weighted by molar-refractivity contribution is -0.126. The molecule has 0 bridgehead atoms. The second-order valence-corrected chi connectivity index (χ2v) is 5.51. The van der Waals surface area contributed by atoms with E-state index in [4.69, 9.17) is 5.11 Å². The third-order valence-corrected chi connectivity index (χ3v) is 3.65. The lowest BCUT2D eigenvalue weighted by atomic mass is 9.96. The molecule has 1 saturated heterocycles. The normalized spacial score (nSPS) is 16.1. The lowest BCUT2D eigenvalue weighted by Gasteiger charge is -2.33. The number of aliphatic hydroxyl groups excluding tert-OH is 1. The summed E-state index contributed by atoms with van der Waals surface area (Å²) >= 11 is 0. The van der Waals surface area contributed by atoms with Crippen molar-refractivity contribution in [2.45, 2.75) is 32.1 Å². The van der Waals surface area contributed by atoms with Crippen molar-refractivity contribution in [3.63, 3.8) is 0 Å². The van der Waals surface area contributed by atoms with Crippen LogP contribution >= 0.6 is 0 Å². The summed E-state index contributed by atoms with van der Waals surface area (Å²) in [6.45, 7) is 2.20. The van der Waals surface area contributed by atoms with Crippen molar-refractivity contribution in [2.75, 3.05) is 40.3 Å². The van der Waals surface area contributed by atoms with Crippen molar-refractivity contribution in [3.8, 4) is 0 Å². The van der Waals surface area contributed by atoms with E-state index in [1.807, 2.05) is 0 Å². The molecule has 1 aliphatic heterocycles. The molecule has 0 aliphatic carbocycles. The number of carbonyl (C=O) groups is 2. The van der Waals surface area contributed by atoms with Crippen LogP contribution in [-0.4, -0.2) is 67.2 Å². The molecule has 1 heterocycles. The fraction of sp³-hybridized carbons (Fsp3) is 0.857. The van der Waals surface area contributed by atoms with Crippen LogP contribution in [0.2, 0.25) is 0 Å². The molecule has 6 heteroatoms. The highest BCUT2D eigenvalue weighted by molar-refractivity contribution is 5.79. The van der Waals surface area contributed by atoms with Crippen molar-refractivity contribution in [1.29, 1.82) is 0 Å². The Morgan fingerprint density at radius 1 is 1.20 bits per heavy atom. The Labute approximate surface area is 121 Å². The maximum atomic E-state index is 12.0. The highest BCUT2D eigenvalue weighted by Crippen LogP contribution is 2.18. The van der Waals surface area contributed by atoms with E-state index in [1.165, 1.54) is 0 Å². The van der Waals surface area contributed by atoms with Gasteiger partial charge in [-0.2, -0.15) is 0 Å². The second kappa shape index (κ2) is 8.79. The first-order valence-electron chi connectivity index (χ1n) is 7.41. The highest BCUT2D eigenvalue weighted by atomic mass is 16.3. The van der Waals surface area contributed by atoms with Crippen molar-refractivity contribution < 1.29 is 14.7 Å². The zero-order valence-corrected chi connectivity index (χ0v) is 12.6. The summed E-state index contributed by atoms with van der Waals surface area (Å²) in [7, 11) is 3.49. The summed E-state index contributed by atoms with van der Waals surface area (Å²) in [5, 5.41) is 11.6. The molecule has 0 aromatic carbocycles. The molecule has 116 valence electrons. The maximum absolute atomic E-state index is 12.0. The van der Waals surface area contributed by atoms with Crippen LogP contribution < -0.4 is 5.32 Å². The number of nitrogens with zero attached hydrogens (tertiary/aromatic N) is 2. The van der Waals surface area contributed by atoms with E-state index in [2.05, 4.69) is 5.32 Å². The Kier molecular flexibility index (Phi) is 7.36. The molecular weight excluding hydrogens is 258 g/mol. The molecule has 6 nitrogen and oxygen atoms in total. The molecule has 20 heavy (non-hydrogen) atoms. The van der Waals surface area contributed by atoms with E-state index in [0.717, 1.165) is 32.1 Å². The summed E-state index contributed by atoms with van der Waals surface area (Å²) in [5.74, 6) is 0.130. The van der Waals surface area contributed by atoms with E-state index in [1.54, 1.807) is 23.9 Å². The number of aliphatic hydroxyl groups is 1. The maximum Gasteiger partial charge on any atom is 0.319 e.